The lowest BCUT2D eigenvalue weighted by atomic mass is 10.2. The van der Waals surface area contributed by atoms with Crippen molar-refractivity contribution < 1.29 is 24.6 Å². The van der Waals surface area contributed by atoms with Gasteiger partial charge < -0.3 is 19.8 Å². The van der Waals surface area contributed by atoms with Gasteiger partial charge in [0.25, 0.3) is 0 Å². The number of hydrogen-bond acceptors (Lipinski definition) is 4. The standard InChI is InChI=1S/C7H10O2.H3O3P/c1-3-4-5-6(2)7(8)9;1-4(2)3/h3H,1-2,4-5H2,(H,8,9);1-3H. The number of hydrogen-bond donors (Lipinski definition) is 4. The van der Waals surface area contributed by atoms with Crippen LogP contribution >= 0.6 is 8.60 Å². The van der Waals surface area contributed by atoms with Crippen LogP contribution in [-0.2, 0) is 4.79 Å². The molecule has 0 bridgehead atoms. The van der Waals surface area contributed by atoms with Crippen molar-refractivity contribution in [3.63, 3.8) is 0 Å². The van der Waals surface area contributed by atoms with E-state index < -0.39 is 14.6 Å². The van der Waals surface area contributed by atoms with E-state index in [2.05, 4.69) is 13.2 Å². The SMILES string of the molecule is C=CCCC(=C)C(=O)O.OP(O)O. The Labute approximate surface area is 77.7 Å². The zero-order chi connectivity index (χ0) is 10.9. The van der Waals surface area contributed by atoms with Crippen molar-refractivity contribution in [2.45, 2.75) is 12.8 Å². The zero-order valence-electron chi connectivity index (χ0n) is 7.05. The summed E-state index contributed by atoms with van der Waals surface area (Å²) in [6.45, 7) is 6.80. The van der Waals surface area contributed by atoms with Gasteiger partial charge in [0, 0.05) is 5.57 Å². The van der Waals surface area contributed by atoms with Gasteiger partial charge in [0.1, 0.15) is 0 Å². The van der Waals surface area contributed by atoms with Crippen LogP contribution in [0.1, 0.15) is 12.8 Å². The molecular formula is C7H13O5P. The summed E-state index contributed by atoms with van der Waals surface area (Å²) in [6.07, 6.45) is 2.86. The monoisotopic (exact) mass is 208 g/mol. The first kappa shape index (κ1) is 14.8. The molecule has 0 spiro atoms. The van der Waals surface area contributed by atoms with Gasteiger partial charge in [-0.05, 0) is 12.8 Å². The number of carboxylic acids is 1. The second-order valence-electron chi connectivity index (χ2n) is 2.00. The molecular weight excluding hydrogens is 195 g/mol. The lowest BCUT2D eigenvalue weighted by Crippen LogP contribution is -1.97. The first-order chi connectivity index (χ1) is 5.91. The third kappa shape index (κ3) is 18.3. The normalized spacial score (nSPS) is 8.62. The average molecular weight is 208 g/mol. The summed E-state index contributed by atoms with van der Waals surface area (Å²) in [7, 11) is -2.62. The van der Waals surface area contributed by atoms with Crippen LogP contribution in [0.25, 0.3) is 0 Å². The highest BCUT2D eigenvalue weighted by Gasteiger charge is 1.99. The van der Waals surface area contributed by atoms with Gasteiger partial charge in [-0.1, -0.05) is 12.7 Å². The second kappa shape index (κ2) is 9.35. The fraction of sp³-hybridized carbons (Fsp3) is 0.286. The third-order valence-electron chi connectivity index (χ3n) is 0.953. The molecule has 0 amide bonds. The van der Waals surface area contributed by atoms with E-state index >= 15 is 0 Å². The molecule has 0 saturated carbocycles. The number of carbonyl (C=O) groups is 1. The summed E-state index contributed by atoms with van der Waals surface area (Å²) in [5.74, 6) is -0.920. The summed E-state index contributed by atoms with van der Waals surface area (Å²) in [5, 5.41) is 8.27. The van der Waals surface area contributed by atoms with Crippen LogP contribution in [0.4, 0.5) is 0 Å². The molecule has 0 saturated heterocycles. The molecule has 4 N–H and O–H groups in total. The molecule has 5 nitrogen and oxygen atoms in total. The largest absolute Gasteiger partial charge is 0.478 e. The van der Waals surface area contributed by atoms with Gasteiger partial charge in [0.2, 0.25) is 0 Å². The summed E-state index contributed by atoms with van der Waals surface area (Å²) in [6, 6.07) is 0. The van der Waals surface area contributed by atoms with Crippen LogP contribution in [0.5, 0.6) is 0 Å². The molecule has 0 aromatic rings. The minimum atomic E-state index is -2.62. The molecule has 0 atom stereocenters. The Morgan fingerprint density at radius 1 is 1.38 bits per heavy atom. The molecule has 0 aromatic carbocycles. The van der Waals surface area contributed by atoms with E-state index in [-0.39, 0.29) is 5.57 Å². The van der Waals surface area contributed by atoms with Crippen molar-refractivity contribution in [3.05, 3.63) is 24.8 Å². The van der Waals surface area contributed by atoms with Gasteiger partial charge in [-0.25, -0.2) is 4.79 Å². The molecule has 76 valence electrons. The fourth-order valence-corrected chi connectivity index (χ4v) is 0.383. The molecule has 0 radical (unpaired) electrons. The minimum Gasteiger partial charge on any atom is -0.478 e. The molecule has 0 aliphatic carbocycles. The lowest BCUT2D eigenvalue weighted by molar-refractivity contribution is -0.132. The van der Waals surface area contributed by atoms with E-state index in [1.165, 1.54) is 0 Å². The van der Waals surface area contributed by atoms with E-state index in [9.17, 15) is 4.79 Å². The van der Waals surface area contributed by atoms with Crippen LogP contribution in [0, 0.1) is 0 Å². The van der Waals surface area contributed by atoms with Gasteiger partial charge in [-0.2, -0.15) is 0 Å². The number of aliphatic carboxylic acids is 1. The van der Waals surface area contributed by atoms with Gasteiger partial charge in [0.05, 0.1) is 0 Å². The molecule has 0 unspecified atom stereocenters. The number of rotatable bonds is 4. The van der Waals surface area contributed by atoms with E-state index in [4.69, 9.17) is 19.8 Å². The molecule has 13 heavy (non-hydrogen) atoms. The number of carboxylic acid groups (broad SMARTS) is 1. The van der Waals surface area contributed by atoms with Crippen molar-refractivity contribution in [1.29, 1.82) is 0 Å². The Kier molecular flexibility index (Phi) is 10.6. The third-order valence-corrected chi connectivity index (χ3v) is 0.953. The predicted molar refractivity (Wildman–Crippen MR) is 49.8 cm³/mol. The van der Waals surface area contributed by atoms with Crippen molar-refractivity contribution in [1.82, 2.24) is 0 Å². The highest BCUT2D eigenvalue weighted by atomic mass is 31.2. The van der Waals surface area contributed by atoms with Crippen molar-refractivity contribution in [2.24, 2.45) is 0 Å². The predicted octanol–water partition coefficient (Wildman–Crippen LogP) is 0.784. The summed E-state index contributed by atoms with van der Waals surface area (Å²) in [5.41, 5.74) is 0.245. The van der Waals surface area contributed by atoms with Crippen LogP contribution in [0.2, 0.25) is 0 Å². The zero-order valence-corrected chi connectivity index (χ0v) is 7.94. The molecule has 0 rings (SSSR count). The van der Waals surface area contributed by atoms with Gasteiger partial charge in [-0.3, -0.25) is 0 Å². The maximum atomic E-state index is 10.1. The van der Waals surface area contributed by atoms with Crippen molar-refractivity contribution in [3.8, 4) is 0 Å². The second-order valence-corrected chi connectivity index (χ2v) is 2.54. The molecule has 6 heteroatoms. The average Bonchev–Trinajstić information content (AvgIpc) is 1.98. The molecule has 0 heterocycles. The Hall–Kier alpha value is -0.740. The van der Waals surface area contributed by atoms with Crippen LogP contribution in [-0.4, -0.2) is 25.8 Å². The van der Waals surface area contributed by atoms with Gasteiger partial charge in [-0.15, -0.1) is 6.58 Å². The summed E-state index contributed by atoms with van der Waals surface area (Å²) >= 11 is 0. The van der Waals surface area contributed by atoms with Gasteiger partial charge in [0.15, 0.2) is 0 Å². The van der Waals surface area contributed by atoms with Crippen LogP contribution in [0.15, 0.2) is 24.8 Å². The Morgan fingerprint density at radius 3 is 2.00 bits per heavy atom. The van der Waals surface area contributed by atoms with Crippen molar-refractivity contribution >= 4 is 14.6 Å². The first-order valence-electron chi connectivity index (χ1n) is 3.30. The molecule has 0 aromatic heterocycles. The lowest BCUT2D eigenvalue weighted by Gasteiger charge is -1.93. The maximum absolute atomic E-state index is 10.1. The van der Waals surface area contributed by atoms with E-state index in [0.29, 0.717) is 12.8 Å². The van der Waals surface area contributed by atoms with Gasteiger partial charge >= 0.3 is 14.6 Å². The van der Waals surface area contributed by atoms with Crippen molar-refractivity contribution in [2.75, 3.05) is 0 Å². The molecule has 0 aliphatic rings. The summed E-state index contributed by atoms with van der Waals surface area (Å²) < 4.78 is 0. The Bertz CT molecular complexity index is 175. The first-order valence-corrected chi connectivity index (χ1v) is 4.50. The Balaban J connectivity index is 0. The quantitative estimate of drug-likeness (QED) is 0.311. The van der Waals surface area contributed by atoms with E-state index in [1.54, 1.807) is 6.08 Å². The Morgan fingerprint density at radius 2 is 1.77 bits per heavy atom. The minimum absolute atomic E-state index is 0.245. The van der Waals surface area contributed by atoms with E-state index in [1.807, 2.05) is 0 Å². The molecule has 0 aliphatic heterocycles. The highest BCUT2D eigenvalue weighted by molar-refractivity contribution is 7.38. The fourth-order valence-electron chi connectivity index (χ4n) is 0.383. The maximum Gasteiger partial charge on any atom is 0.330 e. The van der Waals surface area contributed by atoms with Crippen LogP contribution < -0.4 is 0 Å². The topological polar surface area (TPSA) is 98.0 Å². The molecule has 0 fully saturated rings. The van der Waals surface area contributed by atoms with Crippen LogP contribution in [0.3, 0.4) is 0 Å². The number of allylic oxidation sites excluding steroid dienone is 1. The smallest absolute Gasteiger partial charge is 0.330 e. The van der Waals surface area contributed by atoms with E-state index in [0.717, 1.165) is 0 Å². The highest BCUT2D eigenvalue weighted by Crippen LogP contribution is 2.11. The summed E-state index contributed by atoms with van der Waals surface area (Å²) in [4.78, 5) is 31.8.